The van der Waals surface area contributed by atoms with Crippen LogP contribution in [-0.2, 0) is 0 Å². The Bertz CT molecular complexity index is 627. The zero-order valence-corrected chi connectivity index (χ0v) is 12.2. The third-order valence-corrected chi connectivity index (χ3v) is 3.53. The fraction of sp³-hybridized carbons (Fsp3) is 0.312. The number of hydrogen-bond donors (Lipinski definition) is 2. The number of amides is 1. The van der Waals surface area contributed by atoms with Crippen LogP contribution in [0.4, 0.5) is 0 Å². The predicted molar refractivity (Wildman–Crippen MR) is 81.9 cm³/mol. The molecule has 114 valence electrons. The first-order valence-electron chi connectivity index (χ1n) is 7.37. The van der Waals surface area contributed by atoms with Gasteiger partial charge in [0.05, 0.1) is 6.20 Å². The normalized spacial score (nSPS) is 15.3. The molecule has 0 radical (unpaired) electrons. The first kappa shape index (κ1) is 14.5. The van der Waals surface area contributed by atoms with Crippen LogP contribution in [-0.4, -0.2) is 35.0 Å². The number of ether oxygens (including phenoxy) is 1. The van der Waals surface area contributed by atoms with E-state index in [4.69, 9.17) is 4.74 Å². The zero-order chi connectivity index (χ0) is 15.2. The van der Waals surface area contributed by atoms with E-state index in [-0.39, 0.29) is 11.9 Å². The number of nitrogens with zero attached hydrogens (tertiary/aromatic N) is 2. The highest BCUT2D eigenvalue weighted by molar-refractivity contribution is 5.94. The molecule has 2 aromatic rings. The van der Waals surface area contributed by atoms with E-state index in [1.807, 2.05) is 0 Å². The molecule has 0 unspecified atom stereocenters. The van der Waals surface area contributed by atoms with Crippen LogP contribution in [0.2, 0.25) is 0 Å². The lowest BCUT2D eigenvalue weighted by Gasteiger charge is -2.23. The molecule has 0 spiro atoms. The number of carbonyl (C=O) groups is 1. The second-order valence-corrected chi connectivity index (χ2v) is 5.17. The summed E-state index contributed by atoms with van der Waals surface area (Å²) >= 11 is 0. The summed E-state index contributed by atoms with van der Waals surface area (Å²) in [5.74, 6) is 0.897. The third kappa shape index (κ3) is 3.79. The maximum atomic E-state index is 12.3. The summed E-state index contributed by atoms with van der Waals surface area (Å²) in [5.41, 5.74) is 0.583. The SMILES string of the molecule is O=C(NC1CCNCC1)c1cccc(Oc2cnccn2)c1. The standard InChI is InChI=1S/C16H18N4O2/c21-16(20-13-4-6-17-7-5-13)12-2-1-3-14(10-12)22-15-11-18-8-9-19-15/h1-3,8-11,13,17H,4-7H2,(H,20,21). The predicted octanol–water partition coefficient (Wildman–Crippen LogP) is 1.75. The molecule has 2 N–H and O–H groups in total. The number of piperidine rings is 1. The van der Waals surface area contributed by atoms with Gasteiger partial charge >= 0.3 is 0 Å². The summed E-state index contributed by atoms with van der Waals surface area (Å²) in [5, 5.41) is 6.34. The van der Waals surface area contributed by atoms with Gasteiger partial charge in [0, 0.05) is 24.0 Å². The molecule has 0 aliphatic carbocycles. The first-order valence-corrected chi connectivity index (χ1v) is 7.37. The number of rotatable bonds is 4. The van der Waals surface area contributed by atoms with Crippen molar-refractivity contribution in [3.63, 3.8) is 0 Å². The van der Waals surface area contributed by atoms with Crippen LogP contribution in [0.3, 0.4) is 0 Å². The molecule has 1 saturated heterocycles. The highest BCUT2D eigenvalue weighted by Crippen LogP contribution is 2.19. The third-order valence-electron chi connectivity index (χ3n) is 3.53. The van der Waals surface area contributed by atoms with Crippen LogP contribution < -0.4 is 15.4 Å². The Balaban J connectivity index is 1.66. The average molecular weight is 298 g/mol. The lowest BCUT2D eigenvalue weighted by atomic mass is 10.1. The van der Waals surface area contributed by atoms with Gasteiger partial charge < -0.3 is 15.4 Å². The molecule has 1 aliphatic heterocycles. The van der Waals surface area contributed by atoms with E-state index in [9.17, 15) is 4.79 Å². The molecule has 1 aromatic carbocycles. The van der Waals surface area contributed by atoms with Crippen LogP contribution >= 0.6 is 0 Å². The van der Waals surface area contributed by atoms with Crippen molar-refractivity contribution in [2.75, 3.05) is 13.1 Å². The maximum absolute atomic E-state index is 12.3. The lowest BCUT2D eigenvalue weighted by molar-refractivity contribution is 0.0929. The van der Waals surface area contributed by atoms with E-state index in [1.165, 1.54) is 6.20 Å². The molecule has 1 aromatic heterocycles. The molecule has 22 heavy (non-hydrogen) atoms. The Kier molecular flexibility index (Phi) is 4.60. The van der Waals surface area contributed by atoms with Crippen LogP contribution in [0.15, 0.2) is 42.9 Å². The highest BCUT2D eigenvalue weighted by Gasteiger charge is 2.16. The Morgan fingerprint density at radius 1 is 1.27 bits per heavy atom. The smallest absolute Gasteiger partial charge is 0.251 e. The van der Waals surface area contributed by atoms with Crippen LogP contribution in [0, 0.1) is 0 Å². The highest BCUT2D eigenvalue weighted by atomic mass is 16.5. The molecule has 3 rings (SSSR count). The van der Waals surface area contributed by atoms with Gasteiger partial charge in [-0.2, -0.15) is 0 Å². The van der Waals surface area contributed by atoms with Crippen LogP contribution in [0.1, 0.15) is 23.2 Å². The Morgan fingerprint density at radius 3 is 2.91 bits per heavy atom. The van der Waals surface area contributed by atoms with Crippen molar-refractivity contribution in [1.82, 2.24) is 20.6 Å². The summed E-state index contributed by atoms with van der Waals surface area (Å²) in [7, 11) is 0. The van der Waals surface area contributed by atoms with Crippen molar-refractivity contribution in [2.24, 2.45) is 0 Å². The van der Waals surface area contributed by atoms with Gasteiger partial charge in [0.15, 0.2) is 0 Å². The minimum absolute atomic E-state index is 0.0727. The van der Waals surface area contributed by atoms with Gasteiger partial charge in [0.25, 0.3) is 5.91 Å². The molecular formula is C16H18N4O2. The average Bonchev–Trinajstić information content (AvgIpc) is 2.57. The van der Waals surface area contributed by atoms with Crippen molar-refractivity contribution < 1.29 is 9.53 Å². The van der Waals surface area contributed by atoms with Crippen LogP contribution in [0.5, 0.6) is 11.6 Å². The number of nitrogens with one attached hydrogen (secondary N) is 2. The molecular weight excluding hydrogens is 280 g/mol. The topological polar surface area (TPSA) is 76.1 Å². The Hall–Kier alpha value is -2.47. The Labute approximate surface area is 128 Å². The van der Waals surface area contributed by atoms with Gasteiger partial charge in [-0.15, -0.1) is 0 Å². The van der Waals surface area contributed by atoms with Crippen molar-refractivity contribution in [2.45, 2.75) is 18.9 Å². The quantitative estimate of drug-likeness (QED) is 0.899. The van der Waals surface area contributed by atoms with Gasteiger partial charge in [-0.1, -0.05) is 6.07 Å². The number of carbonyl (C=O) groups excluding carboxylic acids is 1. The second-order valence-electron chi connectivity index (χ2n) is 5.17. The minimum atomic E-state index is -0.0727. The molecule has 6 nitrogen and oxygen atoms in total. The molecule has 0 bridgehead atoms. The van der Waals surface area contributed by atoms with Crippen molar-refractivity contribution in [1.29, 1.82) is 0 Å². The second kappa shape index (κ2) is 7.00. The van der Waals surface area contributed by atoms with Gasteiger partial charge in [0.2, 0.25) is 5.88 Å². The van der Waals surface area contributed by atoms with Gasteiger partial charge in [-0.3, -0.25) is 9.78 Å². The molecule has 1 amide bonds. The first-order chi connectivity index (χ1) is 10.8. The van der Waals surface area contributed by atoms with E-state index >= 15 is 0 Å². The number of aromatic nitrogens is 2. The largest absolute Gasteiger partial charge is 0.437 e. The van der Waals surface area contributed by atoms with Crippen LogP contribution in [0.25, 0.3) is 0 Å². The molecule has 0 atom stereocenters. The van der Waals surface area contributed by atoms with Crippen molar-refractivity contribution >= 4 is 5.91 Å². The van der Waals surface area contributed by atoms with E-state index in [0.717, 1.165) is 25.9 Å². The minimum Gasteiger partial charge on any atom is -0.437 e. The number of benzene rings is 1. The monoisotopic (exact) mass is 298 g/mol. The fourth-order valence-corrected chi connectivity index (χ4v) is 2.39. The Morgan fingerprint density at radius 2 is 2.14 bits per heavy atom. The fourth-order valence-electron chi connectivity index (χ4n) is 2.39. The molecule has 6 heteroatoms. The molecule has 1 fully saturated rings. The number of hydrogen-bond acceptors (Lipinski definition) is 5. The molecule has 1 aliphatic rings. The summed E-state index contributed by atoms with van der Waals surface area (Å²) in [4.78, 5) is 20.3. The summed E-state index contributed by atoms with van der Waals surface area (Å²) < 4.78 is 5.60. The van der Waals surface area contributed by atoms with E-state index in [1.54, 1.807) is 36.7 Å². The summed E-state index contributed by atoms with van der Waals surface area (Å²) in [6.07, 6.45) is 6.59. The molecule has 0 saturated carbocycles. The lowest BCUT2D eigenvalue weighted by Crippen LogP contribution is -2.42. The van der Waals surface area contributed by atoms with E-state index in [2.05, 4.69) is 20.6 Å². The zero-order valence-electron chi connectivity index (χ0n) is 12.2. The van der Waals surface area contributed by atoms with Gasteiger partial charge in [-0.05, 0) is 44.1 Å². The van der Waals surface area contributed by atoms with Crippen molar-refractivity contribution in [3.05, 3.63) is 48.4 Å². The van der Waals surface area contributed by atoms with E-state index in [0.29, 0.717) is 17.2 Å². The van der Waals surface area contributed by atoms with Gasteiger partial charge in [-0.25, -0.2) is 4.98 Å². The maximum Gasteiger partial charge on any atom is 0.251 e. The van der Waals surface area contributed by atoms with Gasteiger partial charge in [0.1, 0.15) is 5.75 Å². The van der Waals surface area contributed by atoms with Crippen molar-refractivity contribution in [3.8, 4) is 11.6 Å². The molecule has 2 heterocycles. The van der Waals surface area contributed by atoms with E-state index < -0.39 is 0 Å². The summed E-state index contributed by atoms with van der Waals surface area (Å²) in [6.45, 7) is 1.89. The summed E-state index contributed by atoms with van der Waals surface area (Å²) in [6, 6.07) is 7.31.